The number of carbonyl (C=O) groups excluding carboxylic acids is 2. The van der Waals surface area contributed by atoms with E-state index in [2.05, 4.69) is 17.6 Å². The number of hydrogen-bond donors (Lipinski definition) is 2. The van der Waals surface area contributed by atoms with Crippen LogP contribution in [0.5, 0.6) is 5.75 Å². The number of unbranched alkanes of at least 4 members (excludes halogenated alkanes) is 7. The van der Waals surface area contributed by atoms with E-state index in [1.165, 1.54) is 44.9 Å². The van der Waals surface area contributed by atoms with Crippen LogP contribution in [0.3, 0.4) is 0 Å². The molecule has 7 nitrogen and oxygen atoms in total. The molecule has 0 radical (unpaired) electrons. The van der Waals surface area contributed by atoms with Crippen molar-refractivity contribution in [1.29, 1.82) is 0 Å². The monoisotopic (exact) mass is 516 g/mol. The predicted octanol–water partition coefficient (Wildman–Crippen LogP) is 5.54. The number of hydrogen-bond acceptors (Lipinski definition) is 5. The molecular weight excluding hydrogens is 476 g/mol. The van der Waals surface area contributed by atoms with Gasteiger partial charge in [0.1, 0.15) is 15.6 Å². The van der Waals surface area contributed by atoms with Crippen LogP contribution in [0.15, 0.2) is 42.5 Å². The van der Waals surface area contributed by atoms with E-state index in [9.17, 15) is 18.0 Å². The molecule has 0 aromatic heterocycles. The van der Waals surface area contributed by atoms with Crippen LogP contribution in [0.4, 0.5) is 5.69 Å². The average molecular weight is 517 g/mol. The summed E-state index contributed by atoms with van der Waals surface area (Å²) >= 11 is 0. The number of carbonyl (C=O) groups is 2. The van der Waals surface area contributed by atoms with Gasteiger partial charge in [-0.05, 0) is 55.3 Å². The number of nitrogens with one attached hydrogen (secondary N) is 2. The van der Waals surface area contributed by atoms with Crippen molar-refractivity contribution in [1.82, 2.24) is 5.32 Å². The Morgan fingerprint density at radius 1 is 0.833 bits per heavy atom. The van der Waals surface area contributed by atoms with Crippen molar-refractivity contribution in [2.24, 2.45) is 0 Å². The van der Waals surface area contributed by atoms with Crippen molar-refractivity contribution in [3.05, 3.63) is 59.2 Å². The fraction of sp³-hybridized carbons (Fsp3) is 0.500. The molecule has 2 rings (SSSR count). The molecule has 0 saturated carbocycles. The van der Waals surface area contributed by atoms with Gasteiger partial charge in [-0.15, -0.1) is 0 Å². The highest BCUT2D eigenvalue weighted by atomic mass is 32.2. The summed E-state index contributed by atoms with van der Waals surface area (Å²) < 4.78 is 28.3. The van der Waals surface area contributed by atoms with Gasteiger partial charge in [-0.3, -0.25) is 9.59 Å². The number of sulfone groups is 1. The second-order valence-corrected chi connectivity index (χ2v) is 11.5. The highest BCUT2D eigenvalue weighted by molar-refractivity contribution is 7.90. The molecule has 36 heavy (non-hydrogen) atoms. The first-order chi connectivity index (χ1) is 17.2. The first-order valence-electron chi connectivity index (χ1n) is 12.8. The van der Waals surface area contributed by atoms with E-state index in [1.54, 1.807) is 42.5 Å². The SMILES string of the molecule is CCCCCCCCCCOc1ccc(C(=O)Nc2cc(C(=O)NCCS(C)(=O)=O)ccc2C)cc1. The minimum atomic E-state index is -3.16. The maximum atomic E-state index is 12.7. The number of anilines is 1. The summed E-state index contributed by atoms with van der Waals surface area (Å²) in [5, 5.41) is 5.44. The number of benzene rings is 2. The Morgan fingerprint density at radius 2 is 1.44 bits per heavy atom. The lowest BCUT2D eigenvalue weighted by molar-refractivity contribution is 0.0954. The molecule has 2 N–H and O–H groups in total. The third-order valence-corrected chi connectivity index (χ3v) is 6.84. The molecule has 0 atom stereocenters. The zero-order valence-corrected chi connectivity index (χ0v) is 22.6. The molecule has 0 spiro atoms. The van der Waals surface area contributed by atoms with Gasteiger partial charge < -0.3 is 15.4 Å². The maximum absolute atomic E-state index is 12.7. The molecule has 2 amide bonds. The van der Waals surface area contributed by atoms with Gasteiger partial charge in [-0.25, -0.2) is 8.42 Å². The Balaban J connectivity index is 1.81. The van der Waals surface area contributed by atoms with Crippen molar-refractivity contribution in [2.75, 3.05) is 30.5 Å². The van der Waals surface area contributed by atoms with E-state index in [4.69, 9.17) is 4.74 Å². The number of ether oxygens (including phenoxy) is 1. The zero-order valence-electron chi connectivity index (χ0n) is 21.8. The Labute approximate surface area is 215 Å². The summed E-state index contributed by atoms with van der Waals surface area (Å²) in [5.74, 6) is -0.0829. The fourth-order valence-corrected chi connectivity index (χ4v) is 4.15. The van der Waals surface area contributed by atoms with Crippen molar-refractivity contribution in [2.45, 2.75) is 65.2 Å². The summed E-state index contributed by atoms with van der Waals surface area (Å²) in [6, 6.07) is 12.0. The van der Waals surface area contributed by atoms with Crippen molar-refractivity contribution >= 4 is 27.3 Å². The van der Waals surface area contributed by atoms with Gasteiger partial charge in [0.15, 0.2) is 0 Å². The first-order valence-corrected chi connectivity index (χ1v) is 14.9. The van der Waals surface area contributed by atoms with Gasteiger partial charge in [0.25, 0.3) is 11.8 Å². The maximum Gasteiger partial charge on any atom is 0.255 e. The smallest absolute Gasteiger partial charge is 0.255 e. The minimum Gasteiger partial charge on any atom is -0.494 e. The van der Waals surface area contributed by atoms with Crippen LogP contribution in [-0.4, -0.2) is 45.4 Å². The Bertz CT molecular complexity index is 1080. The van der Waals surface area contributed by atoms with E-state index in [-0.39, 0.29) is 18.2 Å². The lowest BCUT2D eigenvalue weighted by Crippen LogP contribution is -2.28. The van der Waals surface area contributed by atoms with Crippen LogP contribution in [0.2, 0.25) is 0 Å². The predicted molar refractivity (Wildman–Crippen MR) is 146 cm³/mol. The number of aryl methyl sites for hydroxylation is 1. The first kappa shape index (κ1) is 29.4. The second-order valence-electron chi connectivity index (χ2n) is 9.22. The summed E-state index contributed by atoms with van der Waals surface area (Å²) in [5.41, 5.74) is 2.15. The van der Waals surface area contributed by atoms with Gasteiger partial charge in [-0.1, -0.05) is 57.9 Å². The third-order valence-electron chi connectivity index (χ3n) is 5.89. The van der Waals surface area contributed by atoms with E-state index in [1.807, 2.05) is 6.92 Å². The number of amides is 2. The van der Waals surface area contributed by atoms with Gasteiger partial charge in [0, 0.05) is 29.6 Å². The van der Waals surface area contributed by atoms with Crippen LogP contribution in [-0.2, 0) is 9.84 Å². The zero-order chi connectivity index (χ0) is 26.4. The molecule has 2 aromatic carbocycles. The van der Waals surface area contributed by atoms with Crippen molar-refractivity contribution in [3.8, 4) is 5.75 Å². The third kappa shape index (κ3) is 11.2. The average Bonchev–Trinajstić information content (AvgIpc) is 2.83. The largest absolute Gasteiger partial charge is 0.494 e. The van der Waals surface area contributed by atoms with Crippen LogP contribution in [0.1, 0.15) is 84.6 Å². The standard InChI is InChI=1S/C28H40N2O5S/c1-4-5-6-7-8-9-10-11-19-35-25-16-14-23(15-17-25)28(32)30-26-21-24(13-12-22(26)2)27(31)29-18-20-36(3,33)34/h12-17,21H,4-11,18-20H2,1-3H3,(H,29,31)(H,30,32). The summed E-state index contributed by atoms with van der Waals surface area (Å²) in [4.78, 5) is 25.1. The molecule has 0 heterocycles. The lowest BCUT2D eigenvalue weighted by atomic mass is 10.1. The van der Waals surface area contributed by atoms with E-state index in [0.29, 0.717) is 23.4 Å². The normalized spacial score (nSPS) is 11.2. The highest BCUT2D eigenvalue weighted by Gasteiger charge is 2.12. The van der Waals surface area contributed by atoms with Crippen molar-refractivity contribution in [3.63, 3.8) is 0 Å². The van der Waals surface area contributed by atoms with Gasteiger partial charge >= 0.3 is 0 Å². The molecule has 8 heteroatoms. The van der Waals surface area contributed by atoms with Crippen LogP contribution >= 0.6 is 0 Å². The molecule has 0 aliphatic carbocycles. The van der Waals surface area contributed by atoms with E-state index in [0.717, 1.165) is 24.0 Å². The molecule has 0 saturated heterocycles. The molecule has 0 fully saturated rings. The van der Waals surface area contributed by atoms with Gasteiger partial charge in [0.05, 0.1) is 12.4 Å². The fourth-order valence-electron chi connectivity index (χ4n) is 3.67. The van der Waals surface area contributed by atoms with Crippen LogP contribution in [0.25, 0.3) is 0 Å². The quantitative estimate of drug-likeness (QED) is 0.285. The number of rotatable bonds is 16. The lowest BCUT2D eigenvalue weighted by Gasteiger charge is -2.12. The van der Waals surface area contributed by atoms with Gasteiger partial charge in [-0.2, -0.15) is 0 Å². The molecule has 0 aliphatic rings. The van der Waals surface area contributed by atoms with E-state index < -0.39 is 15.7 Å². The molecule has 0 unspecified atom stereocenters. The summed E-state index contributed by atoms with van der Waals surface area (Å²) in [7, 11) is -3.16. The molecule has 2 aromatic rings. The Kier molecular flexibility index (Phi) is 12.5. The minimum absolute atomic E-state index is 0.0285. The summed E-state index contributed by atoms with van der Waals surface area (Å²) in [6.45, 7) is 4.76. The van der Waals surface area contributed by atoms with Crippen LogP contribution < -0.4 is 15.4 Å². The van der Waals surface area contributed by atoms with Crippen molar-refractivity contribution < 1.29 is 22.7 Å². The Hall–Kier alpha value is -2.87. The molecule has 0 bridgehead atoms. The van der Waals surface area contributed by atoms with Crippen LogP contribution in [0, 0.1) is 6.92 Å². The van der Waals surface area contributed by atoms with E-state index >= 15 is 0 Å². The summed E-state index contributed by atoms with van der Waals surface area (Å²) in [6.07, 6.45) is 11.1. The molecule has 0 aliphatic heterocycles. The topological polar surface area (TPSA) is 102 Å². The molecular formula is C28H40N2O5S. The highest BCUT2D eigenvalue weighted by Crippen LogP contribution is 2.19. The molecule has 198 valence electrons. The second kappa shape index (κ2) is 15.3. The van der Waals surface area contributed by atoms with Gasteiger partial charge in [0.2, 0.25) is 0 Å². The Morgan fingerprint density at radius 3 is 2.08 bits per heavy atom.